The van der Waals surface area contributed by atoms with Crippen LogP contribution in [-0.2, 0) is 4.79 Å². The molecule has 0 aliphatic carbocycles. The van der Waals surface area contributed by atoms with E-state index in [1.165, 1.54) is 24.3 Å². The van der Waals surface area contributed by atoms with Crippen molar-refractivity contribution >= 4 is 11.6 Å². The van der Waals surface area contributed by atoms with Gasteiger partial charge in [-0.05, 0) is 24.1 Å². The Bertz CT molecular complexity index is 536. The van der Waals surface area contributed by atoms with E-state index in [0.717, 1.165) is 4.90 Å². The maximum atomic E-state index is 12.6. The number of nitrogens with one attached hydrogen (secondary N) is 1. The number of alkyl halides is 2. The molecule has 2 unspecified atom stereocenters. The molecule has 1 amide bonds. The molecule has 0 spiro atoms. The van der Waals surface area contributed by atoms with Crippen LogP contribution in [0.25, 0.3) is 0 Å². The summed E-state index contributed by atoms with van der Waals surface area (Å²) in [5.41, 5.74) is 0.459. The number of hydrogen-bond acceptors (Lipinski definition) is 4. The Morgan fingerprint density at radius 3 is 2.48 bits per heavy atom. The van der Waals surface area contributed by atoms with E-state index in [0.29, 0.717) is 12.0 Å². The minimum absolute atomic E-state index is 0.0875. The SMILES string of the molecule is CCC1NC(c2ccc([N+](=O)[O-])cc2)N(CC(F)F)C1=O. The zero-order valence-corrected chi connectivity index (χ0v) is 11.3. The van der Waals surface area contributed by atoms with Crippen LogP contribution >= 0.6 is 0 Å². The quantitative estimate of drug-likeness (QED) is 0.667. The van der Waals surface area contributed by atoms with Gasteiger partial charge in [-0.15, -0.1) is 0 Å². The number of hydrogen-bond donors (Lipinski definition) is 1. The van der Waals surface area contributed by atoms with Gasteiger partial charge in [-0.1, -0.05) is 6.92 Å². The lowest BCUT2D eigenvalue weighted by molar-refractivity contribution is -0.384. The lowest BCUT2D eigenvalue weighted by Gasteiger charge is -2.24. The molecule has 6 nitrogen and oxygen atoms in total. The maximum Gasteiger partial charge on any atom is 0.269 e. The van der Waals surface area contributed by atoms with Crippen LogP contribution in [0.1, 0.15) is 25.1 Å². The highest BCUT2D eigenvalue weighted by atomic mass is 19.3. The van der Waals surface area contributed by atoms with Crippen molar-refractivity contribution in [3.8, 4) is 0 Å². The average molecular weight is 299 g/mol. The monoisotopic (exact) mass is 299 g/mol. The molecule has 1 aromatic rings. The number of nitro groups is 1. The Balaban J connectivity index is 2.26. The van der Waals surface area contributed by atoms with Crippen molar-refractivity contribution in [1.29, 1.82) is 0 Å². The molecule has 2 rings (SSSR count). The van der Waals surface area contributed by atoms with Gasteiger partial charge in [0.1, 0.15) is 6.17 Å². The van der Waals surface area contributed by atoms with Gasteiger partial charge in [0.2, 0.25) is 5.91 Å². The van der Waals surface area contributed by atoms with Crippen molar-refractivity contribution in [3.63, 3.8) is 0 Å². The second kappa shape index (κ2) is 6.13. The topological polar surface area (TPSA) is 75.5 Å². The Kier molecular flexibility index (Phi) is 4.46. The van der Waals surface area contributed by atoms with Crippen LogP contribution in [0.3, 0.4) is 0 Å². The van der Waals surface area contributed by atoms with Gasteiger partial charge >= 0.3 is 0 Å². The highest BCUT2D eigenvalue weighted by Crippen LogP contribution is 2.28. The van der Waals surface area contributed by atoms with Crippen molar-refractivity contribution in [2.24, 2.45) is 0 Å². The van der Waals surface area contributed by atoms with Crippen molar-refractivity contribution in [3.05, 3.63) is 39.9 Å². The van der Waals surface area contributed by atoms with E-state index in [1.807, 2.05) is 0 Å². The van der Waals surface area contributed by atoms with E-state index in [4.69, 9.17) is 0 Å². The maximum absolute atomic E-state index is 12.6. The molecule has 8 heteroatoms. The van der Waals surface area contributed by atoms with Crippen LogP contribution in [0.5, 0.6) is 0 Å². The van der Waals surface area contributed by atoms with Gasteiger partial charge in [0, 0.05) is 12.1 Å². The first kappa shape index (κ1) is 15.3. The van der Waals surface area contributed by atoms with Crippen molar-refractivity contribution in [1.82, 2.24) is 10.2 Å². The molecule has 1 aromatic carbocycles. The summed E-state index contributed by atoms with van der Waals surface area (Å²) in [5, 5.41) is 13.6. The molecule has 0 saturated carbocycles. The second-order valence-corrected chi connectivity index (χ2v) is 4.76. The minimum Gasteiger partial charge on any atom is -0.316 e. The molecule has 0 radical (unpaired) electrons. The summed E-state index contributed by atoms with van der Waals surface area (Å²) < 4.78 is 25.3. The molecular weight excluding hydrogens is 284 g/mol. The molecule has 1 aliphatic heterocycles. The van der Waals surface area contributed by atoms with Gasteiger partial charge in [0.05, 0.1) is 17.5 Å². The molecule has 0 aromatic heterocycles. The van der Waals surface area contributed by atoms with E-state index in [1.54, 1.807) is 6.92 Å². The van der Waals surface area contributed by atoms with Crippen LogP contribution in [0.15, 0.2) is 24.3 Å². The van der Waals surface area contributed by atoms with Gasteiger partial charge in [-0.3, -0.25) is 20.2 Å². The fraction of sp³-hybridized carbons (Fsp3) is 0.462. The smallest absolute Gasteiger partial charge is 0.269 e. The Labute approximate surface area is 119 Å². The van der Waals surface area contributed by atoms with Gasteiger partial charge in [-0.2, -0.15) is 0 Å². The van der Waals surface area contributed by atoms with Crippen LogP contribution in [0.4, 0.5) is 14.5 Å². The number of benzene rings is 1. The largest absolute Gasteiger partial charge is 0.316 e. The number of nitro benzene ring substituents is 1. The zero-order chi connectivity index (χ0) is 15.6. The number of nitrogens with zero attached hydrogens (tertiary/aromatic N) is 2. The standard InChI is InChI=1S/C13H15F2N3O3/c1-2-10-13(19)17(7-11(14)15)12(16-10)8-3-5-9(6-4-8)18(20)21/h3-6,10-12,16H,2,7H2,1H3. The fourth-order valence-electron chi connectivity index (χ4n) is 2.37. The summed E-state index contributed by atoms with van der Waals surface area (Å²) >= 11 is 0. The van der Waals surface area contributed by atoms with Gasteiger partial charge in [0.25, 0.3) is 12.1 Å². The van der Waals surface area contributed by atoms with Crippen LogP contribution in [0, 0.1) is 10.1 Å². The van der Waals surface area contributed by atoms with Crippen LogP contribution in [0.2, 0.25) is 0 Å². The van der Waals surface area contributed by atoms with E-state index < -0.39 is 30.1 Å². The van der Waals surface area contributed by atoms with Crippen molar-refractivity contribution in [2.45, 2.75) is 32.0 Å². The first-order valence-corrected chi connectivity index (χ1v) is 6.53. The highest BCUT2D eigenvalue weighted by Gasteiger charge is 2.39. The number of carbonyl (C=O) groups excluding carboxylic acids is 1. The molecule has 1 N–H and O–H groups in total. The van der Waals surface area contributed by atoms with E-state index in [2.05, 4.69) is 5.32 Å². The van der Waals surface area contributed by atoms with Crippen molar-refractivity contribution < 1.29 is 18.5 Å². The fourth-order valence-corrected chi connectivity index (χ4v) is 2.37. The van der Waals surface area contributed by atoms with Crippen LogP contribution < -0.4 is 5.32 Å². The third kappa shape index (κ3) is 3.15. The van der Waals surface area contributed by atoms with Gasteiger partial charge in [0.15, 0.2) is 0 Å². The summed E-state index contributed by atoms with van der Waals surface area (Å²) in [6.07, 6.45) is -2.83. The molecule has 114 valence electrons. The number of rotatable bonds is 5. The molecule has 1 heterocycles. The van der Waals surface area contributed by atoms with Crippen molar-refractivity contribution in [2.75, 3.05) is 6.54 Å². The van der Waals surface area contributed by atoms with Crippen LogP contribution in [-0.4, -0.2) is 34.7 Å². The number of carbonyl (C=O) groups is 1. The predicted molar refractivity (Wildman–Crippen MR) is 70.8 cm³/mol. The van der Waals surface area contributed by atoms with E-state index >= 15 is 0 Å². The molecule has 2 atom stereocenters. The summed E-state index contributed by atoms with van der Waals surface area (Å²) in [5.74, 6) is -0.374. The van der Waals surface area contributed by atoms with E-state index in [9.17, 15) is 23.7 Å². The lowest BCUT2D eigenvalue weighted by Crippen LogP contribution is -2.34. The Hall–Kier alpha value is -2.09. The summed E-state index contributed by atoms with van der Waals surface area (Å²) in [6.45, 7) is 1.12. The third-order valence-electron chi connectivity index (χ3n) is 3.41. The average Bonchev–Trinajstić information content (AvgIpc) is 2.75. The Morgan fingerprint density at radius 2 is 2.00 bits per heavy atom. The molecule has 1 fully saturated rings. The van der Waals surface area contributed by atoms with E-state index in [-0.39, 0.29) is 11.6 Å². The third-order valence-corrected chi connectivity index (χ3v) is 3.41. The summed E-state index contributed by atoms with van der Waals surface area (Å²) in [4.78, 5) is 23.2. The van der Waals surface area contributed by atoms with Gasteiger partial charge in [-0.25, -0.2) is 8.78 Å². The highest BCUT2D eigenvalue weighted by molar-refractivity contribution is 5.84. The summed E-state index contributed by atoms with van der Waals surface area (Å²) in [6, 6.07) is 5.02. The minimum atomic E-state index is -2.63. The molecule has 1 saturated heterocycles. The first-order chi connectivity index (χ1) is 9.93. The number of halogens is 2. The first-order valence-electron chi connectivity index (χ1n) is 6.53. The summed E-state index contributed by atoms with van der Waals surface area (Å²) in [7, 11) is 0. The molecule has 1 aliphatic rings. The number of non-ortho nitro benzene ring substituents is 1. The molecule has 21 heavy (non-hydrogen) atoms. The second-order valence-electron chi connectivity index (χ2n) is 4.76. The Morgan fingerprint density at radius 1 is 1.38 bits per heavy atom. The predicted octanol–water partition coefficient (Wildman–Crippen LogP) is 2.07. The lowest BCUT2D eigenvalue weighted by atomic mass is 10.1. The molecule has 0 bridgehead atoms. The van der Waals surface area contributed by atoms with Gasteiger partial charge < -0.3 is 4.90 Å². The zero-order valence-electron chi connectivity index (χ0n) is 11.3. The number of amides is 1. The molecular formula is C13H15F2N3O3. The normalized spacial score (nSPS) is 22.1.